The van der Waals surface area contributed by atoms with Crippen LogP contribution < -0.4 is 9.64 Å². The highest BCUT2D eigenvalue weighted by Crippen LogP contribution is 2.48. The molecule has 0 saturated carbocycles. The zero-order valence-corrected chi connectivity index (χ0v) is 21.2. The van der Waals surface area contributed by atoms with Gasteiger partial charge in [0, 0.05) is 51.0 Å². The molecule has 0 saturated heterocycles. The maximum Gasteiger partial charge on any atom is 0.229 e. The molecule has 0 N–H and O–H groups in total. The molecule has 0 amide bonds. The molecule has 0 radical (unpaired) electrons. The molecule has 3 heterocycles. The fourth-order valence-corrected chi connectivity index (χ4v) is 4.71. The molecule has 1 aromatic heterocycles. The van der Waals surface area contributed by atoms with Gasteiger partial charge in [0.1, 0.15) is 10.1 Å². The van der Waals surface area contributed by atoms with E-state index < -0.39 is 6.23 Å². The smallest absolute Gasteiger partial charge is 0.229 e. The van der Waals surface area contributed by atoms with Gasteiger partial charge in [0.15, 0.2) is 6.23 Å². The zero-order chi connectivity index (χ0) is 23.7. The van der Waals surface area contributed by atoms with Crippen molar-refractivity contribution in [3.63, 3.8) is 0 Å². The summed E-state index contributed by atoms with van der Waals surface area (Å²) in [7, 11) is 7.65. The van der Waals surface area contributed by atoms with Crippen molar-refractivity contribution in [1.82, 2.24) is 14.9 Å². The first-order valence-electron chi connectivity index (χ1n) is 10.7. The number of ether oxygens (including phenoxy) is 2. The van der Waals surface area contributed by atoms with E-state index in [1.165, 1.54) is 11.8 Å². The largest absolute Gasteiger partial charge is 0.477 e. The van der Waals surface area contributed by atoms with Crippen LogP contribution in [0.15, 0.2) is 44.8 Å². The van der Waals surface area contributed by atoms with Gasteiger partial charge in [-0.15, -0.1) is 0 Å². The number of benzene rings is 1. The maximum atomic E-state index is 6.21. The minimum atomic E-state index is -0.519. The summed E-state index contributed by atoms with van der Waals surface area (Å²) in [6.45, 7) is 4.88. The van der Waals surface area contributed by atoms with Crippen molar-refractivity contribution < 1.29 is 9.47 Å². The number of anilines is 1. The van der Waals surface area contributed by atoms with Crippen molar-refractivity contribution in [2.75, 3.05) is 46.3 Å². The summed E-state index contributed by atoms with van der Waals surface area (Å²) < 4.78 is 12.1. The van der Waals surface area contributed by atoms with Gasteiger partial charge >= 0.3 is 0 Å². The fraction of sp³-hybridized carbons (Fsp3) is 0.391. The highest BCUT2D eigenvalue weighted by Gasteiger charge is 2.38. The second-order valence-electron chi connectivity index (χ2n) is 7.78. The first kappa shape index (κ1) is 23.5. The quantitative estimate of drug-likeness (QED) is 0.566. The second kappa shape index (κ2) is 9.70. The maximum absolute atomic E-state index is 6.21. The molecule has 1 unspecified atom stereocenters. The molecular weight excluding hydrogens is 460 g/mol. The number of guanidine groups is 1. The van der Waals surface area contributed by atoms with Crippen LogP contribution in [-0.4, -0.2) is 73.5 Å². The molecule has 174 valence electrons. The minimum absolute atomic E-state index is 0.475. The van der Waals surface area contributed by atoms with Gasteiger partial charge in [-0.25, -0.2) is 15.0 Å². The van der Waals surface area contributed by atoms with E-state index >= 15 is 0 Å². The van der Waals surface area contributed by atoms with Gasteiger partial charge in [-0.05, 0) is 43.3 Å². The van der Waals surface area contributed by atoms with Crippen molar-refractivity contribution in [1.29, 1.82) is 0 Å². The highest BCUT2D eigenvalue weighted by atomic mass is 35.5. The number of aromatic nitrogens is 2. The molecule has 2 aliphatic heterocycles. The van der Waals surface area contributed by atoms with Crippen molar-refractivity contribution >= 4 is 45.9 Å². The van der Waals surface area contributed by atoms with Crippen LogP contribution in [0.4, 0.5) is 5.95 Å². The van der Waals surface area contributed by atoms with E-state index in [1.54, 1.807) is 0 Å². The van der Waals surface area contributed by atoms with Gasteiger partial charge in [-0.1, -0.05) is 23.7 Å². The Morgan fingerprint density at radius 3 is 2.33 bits per heavy atom. The molecule has 8 nitrogen and oxygen atoms in total. The van der Waals surface area contributed by atoms with Crippen molar-refractivity contribution in [3.05, 3.63) is 46.0 Å². The molecule has 2 aromatic rings. The SMILES string of the molecule is CCOc1nc(N(C)C)nc2c1C(c1ccc(Cl)cc1)=C1C(=NC(N(C)C)=NC1OCC)S2. The average molecular weight is 487 g/mol. The van der Waals surface area contributed by atoms with Crippen molar-refractivity contribution in [3.8, 4) is 5.88 Å². The van der Waals surface area contributed by atoms with Gasteiger partial charge in [-0.3, -0.25) is 0 Å². The first-order chi connectivity index (χ1) is 15.8. The number of thioether (sulfide) groups is 1. The average Bonchev–Trinajstić information content (AvgIpc) is 2.78. The third kappa shape index (κ3) is 4.58. The Balaban J connectivity index is 2.06. The lowest BCUT2D eigenvalue weighted by Gasteiger charge is -2.32. The van der Waals surface area contributed by atoms with Gasteiger partial charge in [0.05, 0.1) is 12.2 Å². The molecule has 0 fully saturated rings. The van der Waals surface area contributed by atoms with E-state index in [9.17, 15) is 0 Å². The summed E-state index contributed by atoms with van der Waals surface area (Å²) in [6.07, 6.45) is -0.519. The van der Waals surface area contributed by atoms with Crippen LogP contribution >= 0.6 is 23.4 Å². The molecule has 1 atom stereocenters. The number of hydrogen-bond donors (Lipinski definition) is 0. The zero-order valence-electron chi connectivity index (χ0n) is 19.6. The van der Waals surface area contributed by atoms with Gasteiger partial charge in [0.25, 0.3) is 0 Å². The lowest BCUT2D eigenvalue weighted by atomic mass is 9.93. The Kier molecular flexibility index (Phi) is 6.92. The normalized spacial score (nSPS) is 17.1. The summed E-state index contributed by atoms with van der Waals surface area (Å²) in [5.41, 5.74) is 3.54. The molecule has 0 aliphatic carbocycles. The molecule has 0 spiro atoms. The van der Waals surface area contributed by atoms with Crippen LogP contribution in [0.5, 0.6) is 5.88 Å². The third-order valence-corrected chi connectivity index (χ3v) is 6.24. The van der Waals surface area contributed by atoms with Crippen LogP contribution in [0.25, 0.3) is 5.57 Å². The number of fused-ring (bicyclic) bond motifs is 2. The number of aliphatic imine (C=N–C) groups is 2. The lowest BCUT2D eigenvalue weighted by Crippen LogP contribution is -2.33. The summed E-state index contributed by atoms with van der Waals surface area (Å²) >= 11 is 7.69. The molecule has 1 aromatic carbocycles. The Morgan fingerprint density at radius 1 is 1.00 bits per heavy atom. The summed E-state index contributed by atoms with van der Waals surface area (Å²) in [4.78, 5) is 22.9. The predicted octanol–water partition coefficient (Wildman–Crippen LogP) is 4.19. The number of rotatable bonds is 6. The predicted molar refractivity (Wildman–Crippen MR) is 135 cm³/mol. The van der Waals surface area contributed by atoms with Crippen molar-refractivity contribution in [2.24, 2.45) is 9.98 Å². The Labute approximate surface area is 203 Å². The monoisotopic (exact) mass is 486 g/mol. The third-order valence-electron chi connectivity index (χ3n) is 4.99. The standard InChI is InChI=1S/C23H27ClN6O2S/c1-7-31-18-16-15(13-9-11-14(24)12-10-13)17-19(32-8-2)26-23(30(5)6)28-21(17)33-20(16)27-22(25-18)29(3)4/h9-12,18H,7-8H2,1-6H3. The first-order valence-corrected chi connectivity index (χ1v) is 11.9. The van der Waals surface area contributed by atoms with E-state index in [4.69, 9.17) is 41.0 Å². The van der Waals surface area contributed by atoms with Crippen LogP contribution in [-0.2, 0) is 4.74 Å². The lowest BCUT2D eigenvalue weighted by molar-refractivity contribution is 0.0975. The van der Waals surface area contributed by atoms with Crippen LogP contribution in [0.2, 0.25) is 5.02 Å². The van der Waals surface area contributed by atoms with Gasteiger partial charge in [0.2, 0.25) is 17.8 Å². The Bertz CT molecular complexity index is 1140. The van der Waals surface area contributed by atoms with Gasteiger partial charge in [-0.2, -0.15) is 4.98 Å². The van der Waals surface area contributed by atoms with E-state index in [1.807, 2.05) is 76.1 Å². The molecular formula is C23H27ClN6O2S. The molecule has 10 heteroatoms. The molecule has 33 heavy (non-hydrogen) atoms. The van der Waals surface area contributed by atoms with Gasteiger partial charge < -0.3 is 19.3 Å². The number of hydrogen-bond acceptors (Lipinski definition) is 9. The second-order valence-corrected chi connectivity index (χ2v) is 9.20. The Hall–Kier alpha value is -2.62. The van der Waals surface area contributed by atoms with E-state index in [-0.39, 0.29) is 0 Å². The van der Waals surface area contributed by atoms with Crippen LogP contribution in [0, 0.1) is 0 Å². The molecule has 2 aliphatic rings. The van der Waals surface area contributed by atoms with E-state index in [0.29, 0.717) is 36.0 Å². The minimum Gasteiger partial charge on any atom is -0.477 e. The topological polar surface area (TPSA) is 75.4 Å². The van der Waals surface area contributed by atoms with E-state index in [2.05, 4.69) is 0 Å². The Morgan fingerprint density at radius 2 is 1.73 bits per heavy atom. The summed E-state index contributed by atoms with van der Waals surface area (Å²) in [5.74, 6) is 1.70. The fourth-order valence-electron chi connectivity index (χ4n) is 3.54. The molecule has 0 bridgehead atoms. The van der Waals surface area contributed by atoms with E-state index in [0.717, 1.165) is 32.3 Å². The van der Waals surface area contributed by atoms with Crippen LogP contribution in [0.1, 0.15) is 25.0 Å². The van der Waals surface area contributed by atoms with Crippen molar-refractivity contribution in [2.45, 2.75) is 25.1 Å². The summed E-state index contributed by atoms with van der Waals surface area (Å²) in [5, 5.41) is 2.24. The number of nitrogens with zero attached hydrogens (tertiary/aromatic N) is 6. The van der Waals surface area contributed by atoms with Crippen LogP contribution in [0.3, 0.4) is 0 Å². The molecule has 4 rings (SSSR count). The summed E-state index contributed by atoms with van der Waals surface area (Å²) in [6, 6.07) is 7.69. The highest BCUT2D eigenvalue weighted by molar-refractivity contribution is 8.14. The number of halogens is 1.